The van der Waals surface area contributed by atoms with E-state index in [0.717, 1.165) is 12.8 Å². The zero-order valence-corrected chi connectivity index (χ0v) is 25.5. The van der Waals surface area contributed by atoms with Gasteiger partial charge in [-0.25, -0.2) is 13.2 Å². The van der Waals surface area contributed by atoms with Crippen LogP contribution in [0, 0.1) is 35.2 Å². The molecule has 0 saturated heterocycles. The molecule has 0 aliphatic heterocycles. The van der Waals surface area contributed by atoms with Crippen LogP contribution < -0.4 is 14.2 Å². The number of ether oxygens (including phenoxy) is 4. The predicted octanol–water partition coefficient (Wildman–Crippen LogP) is 10.8. The maximum absolute atomic E-state index is 15.1. The van der Waals surface area contributed by atoms with E-state index in [1.165, 1.54) is 6.07 Å². The third kappa shape index (κ3) is 10.4. The highest BCUT2D eigenvalue weighted by Gasteiger charge is 2.48. The van der Waals surface area contributed by atoms with Crippen LogP contribution in [-0.2, 0) is 4.74 Å². The van der Waals surface area contributed by atoms with E-state index in [-0.39, 0.29) is 56.6 Å². The summed E-state index contributed by atoms with van der Waals surface area (Å²) in [5.74, 6) is -9.33. The van der Waals surface area contributed by atoms with E-state index in [1.807, 2.05) is 13.0 Å². The number of rotatable bonds is 13. The van der Waals surface area contributed by atoms with E-state index in [2.05, 4.69) is 9.47 Å². The van der Waals surface area contributed by atoms with Gasteiger partial charge in [-0.15, -0.1) is 13.2 Å². The maximum Gasteiger partial charge on any atom is 0.573 e. The molecule has 2 aromatic carbocycles. The number of halogens is 10. The molecule has 4 nitrogen and oxygen atoms in total. The van der Waals surface area contributed by atoms with Crippen LogP contribution in [0.1, 0.15) is 76.7 Å². The van der Waals surface area contributed by atoms with Gasteiger partial charge in [0, 0.05) is 23.8 Å². The highest BCUT2D eigenvalue weighted by molar-refractivity contribution is 5.52. The van der Waals surface area contributed by atoms with Crippen molar-refractivity contribution < 1.29 is 62.9 Å². The van der Waals surface area contributed by atoms with Crippen LogP contribution in [0.5, 0.6) is 17.2 Å². The van der Waals surface area contributed by atoms with E-state index in [9.17, 15) is 35.1 Å². The Hall–Kier alpha value is -3.16. The van der Waals surface area contributed by atoms with E-state index < -0.39 is 65.5 Å². The first-order chi connectivity index (χ1) is 22.1. The molecule has 262 valence electrons. The van der Waals surface area contributed by atoms with Crippen LogP contribution >= 0.6 is 0 Å². The molecule has 2 aromatic rings. The molecule has 14 heteroatoms. The van der Waals surface area contributed by atoms with Gasteiger partial charge in [-0.1, -0.05) is 25.5 Å². The molecule has 2 saturated carbocycles. The lowest BCUT2D eigenvalue weighted by Crippen LogP contribution is -2.42. The predicted molar refractivity (Wildman–Crippen MR) is 152 cm³/mol. The fourth-order valence-corrected chi connectivity index (χ4v) is 5.84. The third-order valence-corrected chi connectivity index (χ3v) is 8.45. The molecule has 0 amide bonds. The van der Waals surface area contributed by atoms with E-state index in [1.54, 1.807) is 18.2 Å². The zero-order valence-electron chi connectivity index (χ0n) is 25.5. The lowest BCUT2D eigenvalue weighted by atomic mass is 9.80. The number of alkyl halides is 7. The number of benzene rings is 2. The summed E-state index contributed by atoms with van der Waals surface area (Å²) in [6.45, 7) is 2.52. The third-order valence-electron chi connectivity index (χ3n) is 8.45. The first kappa shape index (κ1) is 36.7. The van der Waals surface area contributed by atoms with Crippen molar-refractivity contribution in [3.63, 3.8) is 0 Å². The second kappa shape index (κ2) is 15.4. The smallest absolute Gasteiger partial charge is 0.493 e. The summed E-state index contributed by atoms with van der Waals surface area (Å²) in [5.41, 5.74) is 0.364. The summed E-state index contributed by atoms with van der Waals surface area (Å²) in [7, 11) is 0. The van der Waals surface area contributed by atoms with Gasteiger partial charge < -0.3 is 18.9 Å². The Morgan fingerprint density at radius 2 is 1.28 bits per heavy atom. The minimum absolute atomic E-state index is 0.0325. The minimum atomic E-state index is -5.42. The highest BCUT2D eigenvalue weighted by atomic mass is 19.4. The van der Waals surface area contributed by atoms with Gasteiger partial charge in [-0.2, -0.15) is 17.6 Å². The van der Waals surface area contributed by atoms with Crippen molar-refractivity contribution in [1.29, 1.82) is 0 Å². The SMILES string of the molecule is CCCCOc1ccc(/C=C/C2CCC(C(F)(F)OC3CCC(C(F)(F)Oc4cc(F)c(OC(F)(F)F)c(F)c4)CC3)CC2)c(F)c1. The molecule has 2 aliphatic rings. The van der Waals surface area contributed by atoms with Gasteiger partial charge in [0.2, 0.25) is 5.75 Å². The molecule has 4 rings (SSSR count). The van der Waals surface area contributed by atoms with Crippen LogP contribution in [0.15, 0.2) is 36.4 Å². The monoisotopic (exact) mass is 686 g/mol. The van der Waals surface area contributed by atoms with Crippen molar-refractivity contribution in [3.05, 3.63) is 59.4 Å². The number of hydrogen-bond acceptors (Lipinski definition) is 4. The molecule has 0 atom stereocenters. The first-order valence-corrected chi connectivity index (χ1v) is 15.5. The second-order valence-electron chi connectivity index (χ2n) is 11.9. The van der Waals surface area contributed by atoms with Crippen molar-refractivity contribution in [2.24, 2.45) is 17.8 Å². The summed E-state index contributed by atoms with van der Waals surface area (Å²) in [5, 5.41) is 0. The van der Waals surface area contributed by atoms with Crippen molar-refractivity contribution >= 4 is 6.08 Å². The van der Waals surface area contributed by atoms with Crippen LogP contribution in [0.3, 0.4) is 0 Å². The van der Waals surface area contributed by atoms with E-state index in [0.29, 0.717) is 30.8 Å². The minimum Gasteiger partial charge on any atom is -0.493 e. The largest absolute Gasteiger partial charge is 0.573 e. The zero-order chi connectivity index (χ0) is 34.4. The van der Waals surface area contributed by atoms with Gasteiger partial charge in [0.25, 0.3) is 0 Å². The van der Waals surface area contributed by atoms with Gasteiger partial charge >= 0.3 is 18.6 Å². The van der Waals surface area contributed by atoms with Crippen LogP contribution in [0.2, 0.25) is 0 Å². The standard InChI is InChI=1S/C33H36F10O4/c1-2-3-16-44-25-13-8-21(27(34)17-25)7-4-20-5-9-22(10-6-20)31(37,38)45-24-14-11-23(12-15-24)32(39,40)46-26-18-28(35)30(29(36)19-26)47-33(41,42)43/h4,7-8,13,17-20,22-24H,2-3,5-6,9-12,14-16H2,1H3/b7-4+. The Balaban J connectivity index is 1.23. The quantitative estimate of drug-likeness (QED) is 0.155. The lowest BCUT2D eigenvalue weighted by Gasteiger charge is -2.37. The average molecular weight is 687 g/mol. The number of unbranched alkanes of at least 4 members (excludes halogenated alkanes) is 1. The summed E-state index contributed by atoms with van der Waals surface area (Å²) in [4.78, 5) is 0. The fourth-order valence-electron chi connectivity index (χ4n) is 5.84. The van der Waals surface area contributed by atoms with Crippen LogP contribution in [-0.4, -0.2) is 31.3 Å². The van der Waals surface area contributed by atoms with Crippen molar-refractivity contribution in [2.45, 2.75) is 95.8 Å². The molecule has 0 radical (unpaired) electrons. The summed E-state index contributed by atoms with van der Waals surface area (Å²) in [6, 6.07) is 4.87. The van der Waals surface area contributed by atoms with Gasteiger partial charge in [-0.3, -0.25) is 0 Å². The van der Waals surface area contributed by atoms with Gasteiger partial charge in [0.05, 0.1) is 24.5 Å². The molecular formula is C33H36F10O4. The average Bonchev–Trinajstić information content (AvgIpc) is 2.98. The van der Waals surface area contributed by atoms with Crippen molar-refractivity contribution in [2.75, 3.05) is 6.61 Å². The molecule has 0 unspecified atom stereocenters. The van der Waals surface area contributed by atoms with E-state index in [4.69, 9.17) is 9.47 Å². The summed E-state index contributed by atoms with van der Waals surface area (Å²) in [6.07, 6.45) is -8.46. The number of hydrogen-bond donors (Lipinski definition) is 0. The Kier molecular flexibility index (Phi) is 12.0. The van der Waals surface area contributed by atoms with Crippen molar-refractivity contribution in [3.8, 4) is 17.2 Å². The van der Waals surface area contributed by atoms with Gasteiger partial charge in [0.1, 0.15) is 17.3 Å². The molecule has 0 N–H and O–H groups in total. The Labute approximate surface area is 266 Å². The molecule has 47 heavy (non-hydrogen) atoms. The molecular weight excluding hydrogens is 650 g/mol. The van der Waals surface area contributed by atoms with Crippen LogP contribution in [0.4, 0.5) is 43.9 Å². The van der Waals surface area contributed by atoms with E-state index >= 15 is 8.78 Å². The van der Waals surface area contributed by atoms with Crippen molar-refractivity contribution in [1.82, 2.24) is 0 Å². The maximum atomic E-state index is 15.1. The Morgan fingerprint density at radius 3 is 1.85 bits per heavy atom. The number of allylic oxidation sites excluding steroid dienone is 1. The molecule has 2 fully saturated rings. The molecule has 0 heterocycles. The normalized spacial score (nSPS) is 22.8. The Bertz CT molecular complexity index is 1320. The van der Waals surface area contributed by atoms with Gasteiger partial charge in [-0.05, 0) is 75.8 Å². The van der Waals surface area contributed by atoms with Crippen LogP contribution in [0.25, 0.3) is 6.08 Å². The topological polar surface area (TPSA) is 36.9 Å². The first-order valence-electron chi connectivity index (χ1n) is 15.5. The second-order valence-corrected chi connectivity index (χ2v) is 11.9. The fraction of sp³-hybridized carbons (Fsp3) is 0.576. The molecule has 0 bridgehead atoms. The molecule has 0 aromatic heterocycles. The summed E-state index contributed by atoms with van der Waals surface area (Å²) < 4.78 is 157. The van der Waals surface area contributed by atoms with Gasteiger partial charge in [0.15, 0.2) is 11.6 Å². The highest BCUT2D eigenvalue weighted by Crippen LogP contribution is 2.45. The summed E-state index contributed by atoms with van der Waals surface area (Å²) >= 11 is 0. The Morgan fingerprint density at radius 1 is 0.702 bits per heavy atom. The molecule has 2 aliphatic carbocycles. The lowest BCUT2D eigenvalue weighted by molar-refractivity contribution is -0.305. The molecule has 0 spiro atoms.